The molecule has 1 aromatic carbocycles. The number of amidine groups is 1. The van der Waals surface area contributed by atoms with Crippen LogP contribution in [-0.4, -0.2) is 34.3 Å². The van der Waals surface area contributed by atoms with Crippen molar-refractivity contribution >= 4 is 22.4 Å². The summed E-state index contributed by atoms with van der Waals surface area (Å²) in [6.07, 6.45) is -3.90. The van der Waals surface area contributed by atoms with Crippen LogP contribution in [0.15, 0.2) is 46.9 Å². The van der Waals surface area contributed by atoms with Gasteiger partial charge in [-0.15, -0.1) is 0 Å². The molecule has 4 rings (SSSR count). The van der Waals surface area contributed by atoms with Gasteiger partial charge in [-0.2, -0.15) is 18.3 Å². The van der Waals surface area contributed by atoms with Gasteiger partial charge in [0, 0.05) is 11.1 Å². The van der Waals surface area contributed by atoms with Crippen molar-refractivity contribution in [1.82, 2.24) is 15.5 Å². The Kier molecular flexibility index (Phi) is 3.59. The number of aromatic nitrogens is 2. The molecule has 0 saturated heterocycles. The van der Waals surface area contributed by atoms with E-state index in [-0.39, 0.29) is 11.4 Å². The van der Waals surface area contributed by atoms with Crippen LogP contribution in [0.3, 0.4) is 0 Å². The zero-order valence-corrected chi connectivity index (χ0v) is 14.2. The van der Waals surface area contributed by atoms with Gasteiger partial charge in [-0.05, 0) is 43.7 Å². The molecule has 10 heteroatoms. The van der Waals surface area contributed by atoms with Crippen LogP contribution in [0.4, 0.5) is 27.6 Å². The first-order valence-electron chi connectivity index (χ1n) is 8.00. The molecule has 27 heavy (non-hydrogen) atoms. The number of allylic oxidation sites excluding steroid dienone is 3. The molecular weight excluding hydrogens is 369 g/mol. The average molecular weight is 383 g/mol. The van der Waals surface area contributed by atoms with Gasteiger partial charge in [-0.1, -0.05) is 0 Å². The van der Waals surface area contributed by atoms with E-state index in [0.29, 0.717) is 16.5 Å². The summed E-state index contributed by atoms with van der Waals surface area (Å²) in [5.74, 6) is -1.17. The van der Waals surface area contributed by atoms with Gasteiger partial charge in [0.15, 0.2) is 5.66 Å². The highest BCUT2D eigenvalue weighted by Gasteiger charge is 2.54. The fourth-order valence-electron chi connectivity index (χ4n) is 3.45. The number of aliphatic imine (C=N–C) groups is 1. The molecule has 0 aliphatic carbocycles. The van der Waals surface area contributed by atoms with E-state index in [0.717, 1.165) is 11.0 Å². The minimum Gasteiger partial charge on any atom is -0.356 e. The Balaban J connectivity index is 1.91. The quantitative estimate of drug-likeness (QED) is 0.771. The van der Waals surface area contributed by atoms with Crippen LogP contribution in [-0.2, 0) is 0 Å². The first-order valence-corrected chi connectivity index (χ1v) is 8.00. The number of aromatic amines is 1. The summed E-state index contributed by atoms with van der Waals surface area (Å²) in [4.78, 5) is 4.62. The minimum atomic E-state index is -4.77. The van der Waals surface area contributed by atoms with Crippen molar-refractivity contribution in [3.05, 3.63) is 47.4 Å². The molecule has 3 heterocycles. The summed E-state index contributed by atoms with van der Waals surface area (Å²) in [5.41, 5.74) is -0.534. The number of nitrogens with one attached hydrogen (secondary N) is 2. The Hall–Kier alpha value is -2.91. The maximum atomic E-state index is 13.7. The molecule has 0 saturated carbocycles. The summed E-state index contributed by atoms with van der Waals surface area (Å²) in [5, 5.41) is 9.82. The van der Waals surface area contributed by atoms with Gasteiger partial charge in [0.2, 0.25) is 5.84 Å². The molecule has 2 aromatic rings. The molecule has 1 atom stereocenters. The van der Waals surface area contributed by atoms with Crippen molar-refractivity contribution in [2.24, 2.45) is 4.99 Å². The van der Waals surface area contributed by atoms with Gasteiger partial charge in [0.1, 0.15) is 0 Å². The van der Waals surface area contributed by atoms with Gasteiger partial charge in [-0.25, -0.2) is 13.8 Å². The van der Waals surface area contributed by atoms with Gasteiger partial charge >= 0.3 is 6.18 Å². The lowest BCUT2D eigenvalue weighted by molar-refractivity contribution is -0.0602. The molecule has 1 unspecified atom stereocenters. The fourth-order valence-corrected chi connectivity index (χ4v) is 3.45. The van der Waals surface area contributed by atoms with E-state index in [9.17, 15) is 22.0 Å². The minimum absolute atomic E-state index is 0.00386. The molecule has 0 spiro atoms. The summed E-state index contributed by atoms with van der Waals surface area (Å²) in [7, 11) is 0. The second-order valence-electron chi connectivity index (χ2n) is 6.54. The molecule has 2 aliphatic rings. The standard InChI is InChI=1S/C17H14F5N5/c1-8-5-10(6-9-7-23-26-13(8)9)27-15(17(20,21)22)24-12-4-3-11(14(18)19)25-16(12,27)2/h3-7,14,25H,1-2H3,(H,23,26). The lowest BCUT2D eigenvalue weighted by Gasteiger charge is -2.41. The number of rotatable bonds is 2. The zero-order chi connectivity index (χ0) is 19.6. The van der Waals surface area contributed by atoms with Crippen LogP contribution in [0, 0.1) is 6.92 Å². The average Bonchev–Trinajstić information content (AvgIpc) is 3.15. The third-order valence-electron chi connectivity index (χ3n) is 4.67. The van der Waals surface area contributed by atoms with Crippen LogP contribution < -0.4 is 10.2 Å². The highest BCUT2D eigenvalue weighted by Crippen LogP contribution is 2.43. The molecule has 2 aliphatic heterocycles. The largest absolute Gasteiger partial charge is 0.449 e. The molecule has 0 radical (unpaired) electrons. The maximum absolute atomic E-state index is 13.7. The van der Waals surface area contributed by atoms with E-state index in [4.69, 9.17) is 0 Å². The molecule has 0 amide bonds. The predicted octanol–water partition coefficient (Wildman–Crippen LogP) is 4.00. The van der Waals surface area contributed by atoms with Crippen LogP contribution >= 0.6 is 0 Å². The zero-order valence-electron chi connectivity index (χ0n) is 14.2. The molecule has 142 valence electrons. The number of halogens is 5. The van der Waals surface area contributed by atoms with Crippen molar-refractivity contribution in [2.75, 3.05) is 4.90 Å². The van der Waals surface area contributed by atoms with E-state index in [2.05, 4.69) is 20.5 Å². The smallest absolute Gasteiger partial charge is 0.356 e. The van der Waals surface area contributed by atoms with Crippen LogP contribution in [0.25, 0.3) is 10.9 Å². The molecule has 0 fully saturated rings. The van der Waals surface area contributed by atoms with Crippen LogP contribution in [0.1, 0.15) is 12.5 Å². The number of nitrogens with zero attached hydrogens (tertiary/aromatic N) is 3. The van der Waals surface area contributed by atoms with Gasteiger partial charge in [0.25, 0.3) is 6.43 Å². The second-order valence-corrected chi connectivity index (χ2v) is 6.54. The topological polar surface area (TPSA) is 56.3 Å². The van der Waals surface area contributed by atoms with Gasteiger partial charge in [0.05, 0.1) is 23.1 Å². The lowest BCUT2D eigenvalue weighted by atomic mass is 10.0. The van der Waals surface area contributed by atoms with E-state index < -0.39 is 29.8 Å². The van der Waals surface area contributed by atoms with Crippen molar-refractivity contribution < 1.29 is 22.0 Å². The Morgan fingerprint density at radius 1 is 1.19 bits per heavy atom. The van der Waals surface area contributed by atoms with Crippen molar-refractivity contribution in [3.63, 3.8) is 0 Å². The summed E-state index contributed by atoms with van der Waals surface area (Å²) in [6.45, 7) is 3.12. The van der Waals surface area contributed by atoms with Crippen LogP contribution in [0.2, 0.25) is 0 Å². The molecule has 1 aromatic heterocycles. The SMILES string of the molecule is Cc1cc(N2C(C(F)(F)F)=NC3=CC=C(C(F)F)NC32C)cc2cn[nH]c12. The number of dihydropyridines is 1. The number of hydrogen-bond donors (Lipinski definition) is 2. The van der Waals surface area contributed by atoms with E-state index >= 15 is 0 Å². The monoisotopic (exact) mass is 383 g/mol. The van der Waals surface area contributed by atoms with Crippen molar-refractivity contribution in [1.29, 1.82) is 0 Å². The third kappa shape index (κ3) is 2.58. The maximum Gasteiger partial charge on any atom is 0.449 e. The normalized spacial score (nSPS) is 22.5. The summed E-state index contributed by atoms with van der Waals surface area (Å²) < 4.78 is 67.5. The predicted molar refractivity (Wildman–Crippen MR) is 90.5 cm³/mol. The van der Waals surface area contributed by atoms with Crippen molar-refractivity contribution in [3.8, 4) is 0 Å². The van der Waals surface area contributed by atoms with Crippen LogP contribution in [0.5, 0.6) is 0 Å². The Bertz CT molecular complexity index is 1020. The highest BCUT2D eigenvalue weighted by atomic mass is 19.4. The number of alkyl halides is 5. The number of aryl methyl sites for hydroxylation is 1. The molecule has 5 nitrogen and oxygen atoms in total. The lowest BCUT2D eigenvalue weighted by Crippen LogP contribution is -2.60. The second kappa shape index (κ2) is 5.54. The number of anilines is 1. The third-order valence-corrected chi connectivity index (χ3v) is 4.67. The van der Waals surface area contributed by atoms with E-state index in [1.807, 2.05) is 0 Å². The summed E-state index contributed by atoms with van der Waals surface area (Å²) in [6, 6.07) is 3.06. The fraction of sp³-hybridized carbons (Fsp3) is 0.294. The Morgan fingerprint density at radius 2 is 1.93 bits per heavy atom. The Morgan fingerprint density at radius 3 is 2.59 bits per heavy atom. The van der Waals surface area contributed by atoms with Gasteiger partial charge in [-0.3, -0.25) is 10.00 Å². The molecule has 2 N–H and O–H groups in total. The molecular formula is C17H14F5N5. The summed E-state index contributed by atoms with van der Waals surface area (Å²) >= 11 is 0. The number of hydrogen-bond acceptors (Lipinski definition) is 4. The Labute approximate surface area is 150 Å². The number of benzene rings is 1. The van der Waals surface area contributed by atoms with Gasteiger partial charge < -0.3 is 5.32 Å². The van der Waals surface area contributed by atoms with Crippen molar-refractivity contribution in [2.45, 2.75) is 32.1 Å². The highest BCUT2D eigenvalue weighted by molar-refractivity contribution is 6.07. The number of H-pyrrole nitrogens is 1. The first kappa shape index (κ1) is 17.5. The molecule has 0 bridgehead atoms. The van der Waals surface area contributed by atoms with E-state index in [1.165, 1.54) is 31.3 Å². The number of fused-ring (bicyclic) bond motifs is 2. The van der Waals surface area contributed by atoms with E-state index in [1.54, 1.807) is 6.92 Å². The first-order chi connectivity index (χ1) is 12.6.